The van der Waals surface area contributed by atoms with E-state index in [1.807, 2.05) is 48.8 Å². The molecule has 0 amide bonds. The molecule has 3 aromatic rings. The average Bonchev–Trinajstić information content (AvgIpc) is 2.95. The number of aromatic nitrogens is 3. The highest BCUT2D eigenvalue weighted by molar-refractivity contribution is 5.71. The predicted molar refractivity (Wildman–Crippen MR) is 145 cm³/mol. The fourth-order valence-electron chi connectivity index (χ4n) is 2.69. The molecular formula is C26H41N9O. The molecule has 8 N–H and O–H groups in total. The number of nitrogens with zero attached hydrogens (tertiary/aromatic N) is 3. The van der Waals surface area contributed by atoms with Gasteiger partial charge in [0.2, 0.25) is 0 Å². The summed E-state index contributed by atoms with van der Waals surface area (Å²) in [5.74, 6) is 0. The number of pyridine rings is 3. The van der Waals surface area contributed by atoms with Crippen molar-refractivity contribution in [1.82, 2.24) is 36.2 Å². The molecule has 0 aliphatic rings. The third-order valence-electron chi connectivity index (χ3n) is 4.47. The number of rotatable bonds is 15. The van der Waals surface area contributed by atoms with Gasteiger partial charge < -0.3 is 32.7 Å². The summed E-state index contributed by atoms with van der Waals surface area (Å²) in [7, 11) is 0. The molecule has 0 unspecified atom stereocenters. The van der Waals surface area contributed by atoms with Crippen LogP contribution in [-0.2, 0) is 13.1 Å². The molecule has 0 saturated carbocycles. The number of aldehydes is 1. The molecule has 0 fully saturated rings. The average molecular weight is 496 g/mol. The van der Waals surface area contributed by atoms with Gasteiger partial charge in [-0.2, -0.15) is 0 Å². The highest BCUT2D eigenvalue weighted by Gasteiger charge is 1.93. The van der Waals surface area contributed by atoms with Gasteiger partial charge in [-0.1, -0.05) is 18.2 Å². The first-order valence-electron chi connectivity index (χ1n) is 12.2. The van der Waals surface area contributed by atoms with Gasteiger partial charge in [-0.25, -0.2) is 0 Å². The summed E-state index contributed by atoms with van der Waals surface area (Å²) in [5, 5.41) is 13.2. The first kappa shape index (κ1) is 30.9. The van der Waals surface area contributed by atoms with E-state index in [4.69, 9.17) is 11.5 Å². The van der Waals surface area contributed by atoms with Gasteiger partial charge in [-0.05, 0) is 36.4 Å². The zero-order valence-corrected chi connectivity index (χ0v) is 21.0. The van der Waals surface area contributed by atoms with E-state index in [9.17, 15) is 4.79 Å². The molecule has 0 radical (unpaired) electrons. The van der Waals surface area contributed by atoms with Gasteiger partial charge in [0.15, 0.2) is 6.29 Å². The summed E-state index contributed by atoms with van der Waals surface area (Å²) in [5.41, 5.74) is 13.0. The Hall–Kier alpha value is -3.12. The normalized spacial score (nSPS) is 9.94. The number of carbonyl (C=O) groups excluding carboxylic acids is 1. The van der Waals surface area contributed by atoms with Gasteiger partial charge in [0.25, 0.3) is 0 Å². The second-order valence-corrected chi connectivity index (χ2v) is 7.45. The van der Waals surface area contributed by atoms with Gasteiger partial charge in [0, 0.05) is 84.0 Å². The third-order valence-corrected chi connectivity index (χ3v) is 4.47. The Bertz CT molecular complexity index is 806. The molecule has 0 atom stereocenters. The Balaban J connectivity index is 0.000000353. The molecule has 36 heavy (non-hydrogen) atoms. The van der Waals surface area contributed by atoms with Gasteiger partial charge in [-0.3, -0.25) is 19.7 Å². The number of nitrogens with one attached hydrogen (secondary N) is 4. The monoisotopic (exact) mass is 495 g/mol. The Morgan fingerprint density at radius 3 is 1.39 bits per heavy atom. The topological polar surface area (TPSA) is 156 Å². The SMILES string of the molecule is NCCNCCN.O=Cc1ccccn1.c1ccc(CNCCNCCNCc2ccccn2)nc1. The molecule has 10 heteroatoms. The second-order valence-electron chi connectivity index (χ2n) is 7.45. The van der Waals surface area contributed by atoms with Crippen molar-refractivity contribution in [3.8, 4) is 0 Å². The van der Waals surface area contributed by atoms with Crippen LogP contribution in [0.25, 0.3) is 0 Å². The predicted octanol–water partition coefficient (Wildman–Crippen LogP) is 0.333. The van der Waals surface area contributed by atoms with E-state index in [0.29, 0.717) is 18.8 Å². The van der Waals surface area contributed by atoms with Gasteiger partial charge >= 0.3 is 0 Å². The molecule has 0 aliphatic heterocycles. The summed E-state index contributed by atoms with van der Waals surface area (Å²) < 4.78 is 0. The Morgan fingerprint density at radius 2 is 1.03 bits per heavy atom. The maximum Gasteiger partial charge on any atom is 0.168 e. The molecule has 196 valence electrons. The lowest BCUT2D eigenvalue weighted by Gasteiger charge is -2.07. The molecule has 3 aromatic heterocycles. The maximum atomic E-state index is 9.94. The van der Waals surface area contributed by atoms with Crippen LogP contribution >= 0.6 is 0 Å². The third kappa shape index (κ3) is 18.2. The van der Waals surface area contributed by atoms with Crippen molar-refractivity contribution in [2.24, 2.45) is 11.5 Å². The van der Waals surface area contributed by atoms with Crippen molar-refractivity contribution in [3.63, 3.8) is 0 Å². The first-order chi connectivity index (χ1) is 17.8. The zero-order chi connectivity index (χ0) is 25.9. The summed E-state index contributed by atoms with van der Waals surface area (Å²) >= 11 is 0. The fourth-order valence-corrected chi connectivity index (χ4v) is 2.69. The van der Waals surface area contributed by atoms with Crippen LogP contribution in [0.3, 0.4) is 0 Å². The smallest absolute Gasteiger partial charge is 0.168 e. The standard InChI is InChI=1S/C16H23N5.C6H5NO.C4H13N3/c1-3-7-20-15(5-1)13-18-11-9-17-10-12-19-14-16-6-2-4-8-21-16;8-5-6-3-1-2-4-7-6;5-1-3-7-4-2-6/h1-8,17-19H,9-14H2;1-5H;7H,1-6H2. The summed E-state index contributed by atoms with van der Waals surface area (Å²) in [6, 6.07) is 17.2. The number of hydrogen-bond acceptors (Lipinski definition) is 10. The Labute approximate surface area is 214 Å². The molecule has 0 saturated heterocycles. The van der Waals surface area contributed by atoms with Gasteiger partial charge in [0.05, 0.1) is 11.4 Å². The largest absolute Gasteiger partial charge is 0.329 e. The lowest BCUT2D eigenvalue weighted by molar-refractivity contribution is 0.111. The van der Waals surface area contributed by atoms with Crippen LogP contribution in [0.1, 0.15) is 21.9 Å². The van der Waals surface area contributed by atoms with Crippen LogP contribution in [0.5, 0.6) is 0 Å². The van der Waals surface area contributed by atoms with E-state index in [2.05, 4.69) is 36.2 Å². The number of carbonyl (C=O) groups is 1. The molecule has 3 heterocycles. The van der Waals surface area contributed by atoms with E-state index >= 15 is 0 Å². The van der Waals surface area contributed by atoms with Crippen LogP contribution < -0.4 is 32.7 Å². The highest BCUT2D eigenvalue weighted by atomic mass is 16.1. The number of nitrogens with two attached hydrogens (primary N) is 2. The van der Waals surface area contributed by atoms with Crippen LogP contribution in [-0.4, -0.2) is 73.6 Å². The summed E-state index contributed by atoms with van der Waals surface area (Å²) in [4.78, 5) is 22.2. The fraction of sp³-hybridized carbons (Fsp3) is 0.385. The molecular weight excluding hydrogens is 454 g/mol. The Kier molecular flexibility index (Phi) is 20.3. The first-order valence-corrected chi connectivity index (χ1v) is 12.2. The van der Waals surface area contributed by atoms with Crippen molar-refractivity contribution in [1.29, 1.82) is 0 Å². The van der Waals surface area contributed by atoms with Crippen molar-refractivity contribution in [2.75, 3.05) is 52.4 Å². The zero-order valence-electron chi connectivity index (χ0n) is 21.0. The van der Waals surface area contributed by atoms with Crippen LogP contribution in [0.15, 0.2) is 73.2 Å². The highest BCUT2D eigenvalue weighted by Crippen LogP contribution is 1.92. The molecule has 3 rings (SSSR count). The number of hydrogen-bond donors (Lipinski definition) is 6. The van der Waals surface area contributed by atoms with Crippen molar-refractivity contribution >= 4 is 6.29 Å². The molecule has 10 nitrogen and oxygen atoms in total. The lowest BCUT2D eigenvalue weighted by atomic mass is 10.3. The molecule has 0 aromatic carbocycles. The summed E-state index contributed by atoms with van der Waals surface area (Å²) in [6.07, 6.45) is 5.95. The van der Waals surface area contributed by atoms with Gasteiger partial charge in [0.1, 0.15) is 5.69 Å². The van der Waals surface area contributed by atoms with Gasteiger partial charge in [-0.15, -0.1) is 0 Å². The second kappa shape index (κ2) is 23.6. The van der Waals surface area contributed by atoms with Crippen LogP contribution in [0.4, 0.5) is 0 Å². The molecule has 0 aliphatic carbocycles. The minimum Gasteiger partial charge on any atom is -0.329 e. The Morgan fingerprint density at radius 1 is 0.583 bits per heavy atom. The van der Waals surface area contributed by atoms with E-state index in [1.54, 1.807) is 24.4 Å². The minimum atomic E-state index is 0.479. The van der Waals surface area contributed by atoms with Crippen LogP contribution in [0, 0.1) is 0 Å². The molecule has 0 spiro atoms. The van der Waals surface area contributed by atoms with E-state index in [-0.39, 0.29) is 0 Å². The van der Waals surface area contributed by atoms with Crippen molar-refractivity contribution in [2.45, 2.75) is 13.1 Å². The maximum absolute atomic E-state index is 9.94. The lowest BCUT2D eigenvalue weighted by Crippen LogP contribution is -2.32. The molecule has 0 bridgehead atoms. The van der Waals surface area contributed by atoms with E-state index in [1.165, 1.54) is 0 Å². The van der Waals surface area contributed by atoms with E-state index < -0.39 is 0 Å². The summed E-state index contributed by atoms with van der Waals surface area (Å²) in [6.45, 7) is 8.57. The van der Waals surface area contributed by atoms with Crippen LogP contribution in [0.2, 0.25) is 0 Å². The van der Waals surface area contributed by atoms with Crippen molar-refractivity contribution in [3.05, 3.63) is 90.3 Å². The quantitative estimate of drug-likeness (QED) is 0.128. The van der Waals surface area contributed by atoms with Crippen molar-refractivity contribution < 1.29 is 4.79 Å². The minimum absolute atomic E-state index is 0.479. The van der Waals surface area contributed by atoms with E-state index in [0.717, 1.165) is 70.0 Å².